The van der Waals surface area contributed by atoms with Crippen molar-refractivity contribution in [2.45, 2.75) is 39.0 Å². The SMILES string of the molecule is CC(C)[C@H](NC(=O)OCc1ccccc1)C(=O)N[C@@H](Cc1cccc(Cl)c1)C(N)=O. The zero-order valence-corrected chi connectivity index (χ0v) is 17.7. The fraction of sp³-hybridized carbons (Fsp3) is 0.318. The van der Waals surface area contributed by atoms with E-state index < -0.39 is 30.0 Å². The van der Waals surface area contributed by atoms with Crippen LogP contribution in [0, 0.1) is 5.92 Å². The number of hydrogen-bond donors (Lipinski definition) is 3. The molecule has 2 rings (SSSR count). The Labute approximate surface area is 180 Å². The van der Waals surface area contributed by atoms with E-state index in [0.29, 0.717) is 5.02 Å². The molecule has 160 valence electrons. The van der Waals surface area contributed by atoms with Crippen LogP contribution in [0.4, 0.5) is 4.79 Å². The summed E-state index contributed by atoms with van der Waals surface area (Å²) in [6.07, 6.45) is -0.538. The third-order valence-electron chi connectivity index (χ3n) is 4.42. The molecule has 0 aromatic heterocycles. The van der Waals surface area contributed by atoms with Crippen molar-refractivity contribution in [3.8, 4) is 0 Å². The predicted molar refractivity (Wildman–Crippen MR) is 115 cm³/mol. The summed E-state index contributed by atoms with van der Waals surface area (Å²) >= 11 is 5.97. The van der Waals surface area contributed by atoms with E-state index in [1.54, 1.807) is 38.1 Å². The van der Waals surface area contributed by atoms with Crippen LogP contribution in [0.5, 0.6) is 0 Å². The van der Waals surface area contributed by atoms with E-state index in [4.69, 9.17) is 22.1 Å². The number of benzene rings is 2. The molecule has 0 aliphatic carbocycles. The Morgan fingerprint density at radius 2 is 1.67 bits per heavy atom. The lowest BCUT2D eigenvalue weighted by Crippen LogP contribution is -2.55. The van der Waals surface area contributed by atoms with Crippen LogP contribution in [0.2, 0.25) is 5.02 Å². The number of halogens is 1. The van der Waals surface area contributed by atoms with Crippen LogP contribution in [-0.2, 0) is 27.4 Å². The first-order chi connectivity index (χ1) is 14.3. The van der Waals surface area contributed by atoms with E-state index in [1.807, 2.05) is 30.3 Å². The second-order valence-corrected chi connectivity index (χ2v) is 7.66. The van der Waals surface area contributed by atoms with Gasteiger partial charge in [-0.05, 0) is 29.2 Å². The van der Waals surface area contributed by atoms with Crippen LogP contribution >= 0.6 is 11.6 Å². The molecule has 2 atom stereocenters. The van der Waals surface area contributed by atoms with E-state index in [1.165, 1.54) is 0 Å². The van der Waals surface area contributed by atoms with Crippen molar-refractivity contribution in [3.63, 3.8) is 0 Å². The lowest BCUT2D eigenvalue weighted by Gasteiger charge is -2.24. The second kappa shape index (κ2) is 11.2. The molecule has 0 unspecified atom stereocenters. The van der Waals surface area contributed by atoms with Crippen LogP contribution in [0.25, 0.3) is 0 Å². The van der Waals surface area contributed by atoms with Gasteiger partial charge in [0.15, 0.2) is 0 Å². The molecule has 3 amide bonds. The number of ether oxygens (including phenoxy) is 1. The predicted octanol–water partition coefficient (Wildman–Crippen LogP) is 2.80. The molecule has 0 aliphatic heterocycles. The summed E-state index contributed by atoms with van der Waals surface area (Å²) < 4.78 is 5.18. The van der Waals surface area contributed by atoms with Gasteiger partial charge in [-0.2, -0.15) is 0 Å². The average molecular weight is 432 g/mol. The monoisotopic (exact) mass is 431 g/mol. The summed E-state index contributed by atoms with van der Waals surface area (Å²) in [5.41, 5.74) is 7.04. The lowest BCUT2D eigenvalue weighted by molar-refractivity contribution is -0.129. The van der Waals surface area contributed by atoms with E-state index in [2.05, 4.69) is 10.6 Å². The molecule has 4 N–H and O–H groups in total. The maximum absolute atomic E-state index is 12.8. The Morgan fingerprint density at radius 1 is 1.00 bits per heavy atom. The van der Waals surface area contributed by atoms with Gasteiger partial charge >= 0.3 is 6.09 Å². The first-order valence-corrected chi connectivity index (χ1v) is 9.95. The summed E-state index contributed by atoms with van der Waals surface area (Å²) in [5.74, 6) is -1.45. The van der Waals surface area contributed by atoms with Crippen molar-refractivity contribution in [3.05, 3.63) is 70.7 Å². The Hall–Kier alpha value is -3.06. The minimum atomic E-state index is -0.945. The van der Waals surface area contributed by atoms with Gasteiger partial charge in [0.25, 0.3) is 0 Å². The van der Waals surface area contributed by atoms with Crippen LogP contribution in [-0.4, -0.2) is 30.0 Å². The highest BCUT2D eigenvalue weighted by atomic mass is 35.5. The molecule has 30 heavy (non-hydrogen) atoms. The molecule has 2 aromatic rings. The van der Waals surface area contributed by atoms with Crippen LogP contribution in [0.15, 0.2) is 54.6 Å². The summed E-state index contributed by atoms with van der Waals surface area (Å²) in [7, 11) is 0. The van der Waals surface area contributed by atoms with Crippen molar-refractivity contribution in [2.75, 3.05) is 0 Å². The quantitative estimate of drug-likeness (QED) is 0.566. The molecule has 0 radical (unpaired) electrons. The zero-order chi connectivity index (χ0) is 22.1. The molecule has 0 saturated carbocycles. The minimum absolute atomic E-state index is 0.0811. The highest BCUT2D eigenvalue weighted by Gasteiger charge is 2.28. The first-order valence-electron chi connectivity index (χ1n) is 9.57. The number of carbonyl (C=O) groups excluding carboxylic acids is 3. The smallest absolute Gasteiger partial charge is 0.408 e. The number of rotatable bonds is 9. The molecule has 0 saturated heterocycles. The molecular formula is C22H26ClN3O4. The van der Waals surface area contributed by atoms with Gasteiger partial charge in [0.1, 0.15) is 18.7 Å². The number of carbonyl (C=O) groups is 3. The van der Waals surface area contributed by atoms with E-state index in [0.717, 1.165) is 11.1 Å². The Morgan fingerprint density at radius 3 is 2.27 bits per heavy atom. The van der Waals surface area contributed by atoms with Crippen molar-refractivity contribution in [1.82, 2.24) is 10.6 Å². The second-order valence-electron chi connectivity index (χ2n) is 7.23. The third-order valence-corrected chi connectivity index (χ3v) is 4.66. The highest BCUT2D eigenvalue weighted by Crippen LogP contribution is 2.13. The van der Waals surface area contributed by atoms with Gasteiger partial charge in [-0.3, -0.25) is 9.59 Å². The van der Waals surface area contributed by atoms with Gasteiger partial charge < -0.3 is 21.1 Å². The molecule has 2 aromatic carbocycles. The summed E-state index contributed by atoms with van der Waals surface area (Å²) in [4.78, 5) is 36.8. The van der Waals surface area contributed by atoms with Gasteiger partial charge in [0.2, 0.25) is 11.8 Å². The van der Waals surface area contributed by atoms with Crippen molar-refractivity contribution < 1.29 is 19.1 Å². The Bertz CT molecular complexity index is 874. The fourth-order valence-electron chi connectivity index (χ4n) is 2.81. The summed E-state index contributed by atoms with van der Waals surface area (Å²) in [6, 6.07) is 14.3. The average Bonchev–Trinajstić information content (AvgIpc) is 2.70. The molecule has 0 bridgehead atoms. The number of primary amides is 1. The maximum atomic E-state index is 12.8. The summed E-state index contributed by atoms with van der Waals surface area (Å²) in [6.45, 7) is 3.63. The molecule has 7 nitrogen and oxygen atoms in total. The van der Waals surface area contributed by atoms with E-state index in [9.17, 15) is 14.4 Å². The highest BCUT2D eigenvalue weighted by molar-refractivity contribution is 6.30. The fourth-order valence-corrected chi connectivity index (χ4v) is 3.02. The molecular weight excluding hydrogens is 406 g/mol. The van der Waals surface area contributed by atoms with E-state index >= 15 is 0 Å². The van der Waals surface area contributed by atoms with Crippen molar-refractivity contribution in [1.29, 1.82) is 0 Å². The largest absolute Gasteiger partial charge is 0.445 e. The van der Waals surface area contributed by atoms with Crippen molar-refractivity contribution in [2.24, 2.45) is 11.7 Å². The number of alkyl carbamates (subject to hydrolysis) is 1. The molecule has 8 heteroatoms. The number of amides is 3. The number of hydrogen-bond acceptors (Lipinski definition) is 4. The number of nitrogens with two attached hydrogens (primary N) is 1. The van der Waals surface area contributed by atoms with Gasteiger partial charge in [-0.1, -0.05) is 67.9 Å². The Balaban J connectivity index is 1.98. The van der Waals surface area contributed by atoms with Crippen molar-refractivity contribution >= 4 is 29.5 Å². The van der Waals surface area contributed by atoms with Gasteiger partial charge in [-0.25, -0.2) is 4.79 Å². The topological polar surface area (TPSA) is 111 Å². The minimum Gasteiger partial charge on any atom is -0.445 e. The molecule has 0 heterocycles. The van der Waals surface area contributed by atoms with Crippen LogP contribution in [0.3, 0.4) is 0 Å². The Kier molecular flexibility index (Phi) is 8.68. The summed E-state index contributed by atoms with van der Waals surface area (Å²) in [5, 5.41) is 5.69. The van der Waals surface area contributed by atoms with E-state index in [-0.39, 0.29) is 18.9 Å². The lowest BCUT2D eigenvalue weighted by atomic mass is 10.0. The zero-order valence-electron chi connectivity index (χ0n) is 16.9. The van der Waals surface area contributed by atoms with Crippen LogP contribution in [0.1, 0.15) is 25.0 Å². The molecule has 0 aliphatic rings. The molecule has 0 fully saturated rings. The number of nitrogens with one attached hydrogen (secondary N) is 2. The first kappa shape index (κ1) is 23.2. The van der Waals surface area contributed by atoms with Crippen LogP contribution < -0.4 is 16.4 Å². The molecule has 0 spiro atoms. The normalized spacial score (nSPS) is 12.7. The third kappa shape index (κ3) is 7.40. The van der Waals surface area contributed by atoms with Gasteiger partial charge in [-0.15, -0.1) is 0 Å². The maximum Gasteiger partial charge on any atom is 0.408 e. The standard InChI is InChI=1S/C22H26ClN3O4/c1-14(2)19(26-22(29)30-13-15-7-4-3-5-8-15)21(28)25-18(20(24)27)12-16-9-6-10-17(23)11-16/h3-11,14,18-19H,12-13H2,1-2H3,(H2,24,27)(H,25,28)(H,26,29)/t18-,19-/m0/s1. The van der Waals surface area contributed by atoms with Gasteiger partial charge in [0.05, 0.1) is 0 Å². The van der Waals surface area contributed by atoms with Gasteiger partial charge in [0, 0.05) is 11.4 Å².